The van der Waals surface area contributed by atoms with E-state index in [1.165, 1.54) is 66.4 Å². The minimum absolute atomic E-state index is 0.137. The molecule has 10 aromatic rings. The first-order valence-electron chi connectivity index (χ1n) is 19.7. The van der Waals surface area contributed by atoms with Gasteiger partial charge >= 0.3 is 0 Å². The molecule has 1 aromatic heterocycles. The molecule has 57 heavy (non-hydrogen) atoms. The summed E-state index contributed by atoms with van der Waals surface area (Å²) in [7, 11) is 0. The Kier molecular flexibility index (Phi) is 7.55. The Bertz CT molecular complexity index is 3120. The van der Waals surface area contributed by atoms with Crippen molar-refractivity contribution in [2.75, 3.05) is 4.90 Å². The smallest absolute Gasteiger partial charge is 0.135 e. The van der Waals surface area contributed by atoms with E-state index in [0.29, 0.717) is 0 Å². The number of rotatable bonds is 6. The minimum Gasteiger partial charge on any atom is -0.456 e. The lowest BCUT2D eigenvalue weighted by atomic mass is 9.82. The molecule has 0 atom stereocenters. The van der Waals surface area contributed by atoms with Crippen LogP contribution in [-0.4, -0.2) is 0 Å². The summed E-state index contributed by atoms with van der Waals surface area (Å²) in [5.41, 5.74) is 17.7. The number of para-hydroxylation sites is 1. The van der Waals surface area contributed by atoms with Gasteiger partial charge in [-0.1, -0.05) is 159 Å². The van der Waals surface area contributed by atoms with Crippen molar-refractivity contribution in [3.63, 3.8) is 0 Å². The molecule has 0 radical (unpaired) electrons. The summed E-state index contributed by atoms with van der Waals surface area (Å²) in [4.78, 5) is 2.40. The van der Waals surface area contributed by atoms with Crippen molar-refractivity contribution < 1.29 is 4.42 Å². The van der Waals surface area contributed by atoms with Gasteiger partial charge in [-0.15, -0.1) is 0 Å². The van der Waals surface area contributed by atoms with Gasteiger partial charge in [-0.3, -0.25) is 0 Å². The molecule has 1 heterocycles. The Morgan fingerprint density at radius 1 is 0.368 bits per heavy atom. The van der Waals surface area contributed by atoms with Gasteiger partial charge in [0.2, 0.25) is 0 Å². The first-order chi connectivity index (χ1) is 28.0. The molecule has 0 aliphatic heterocycles. The molecular weight excluding hydrogens is 691 g/mol. The summed E-state index contributed by atoms with van der Waals surface area (Å²) in [6.45, 7) is 4.74. The van der Waals surface area contributed by atoms with E-state index in [4.69, 9.17) is 4.42 Å². The molecule has 0 N–H and O–H groups in total. The fourth-order valence-electron chi connectivity index (χ4n) is 9.08. The Balaban J connectivity index is 0.961. The number of anilines is 3. The Labute approximate surface area is 332 Å². The molecular formula is C55H39NO. The lowest BCUT2D eigenvalue weighted by Gasteiger charge is -2.28. The molecule has 1 aliphatic rings. The summed E-state index contributed by atoms with van der Waals surface area (Å²) >= 11 is 0. The summed E-state index contributed by atoms with van der Waals surface area (Å²) in [6, 6.07) is 72.7. The minimum atomic E-state index is -0.137. The highest BCUT2D eigenvalue weighted by Crippen LogP contribution is 2.53. The van der Waals surface area contributed by atoms with Crippen LogP contribution in [0.5, 0.6) is 0 Å². The average Bonchev–Trinajstić information content (AvgIpc) is 3.76. The van der Waals surface area contributed by atoms with Gasteiger partial charge in [0.05, 0.1) is 0 Å². The molecule has 1 aliphatic carbocycles. The predicted molar refractivity (Wildman–Crippen MR) is 240 cm³/mol. The zero-order valence-electron chi connectivity index (χ0n) is 31.9. The van der Waals surface area contributed by atoms with Crippen LogP contribution in [0.3, 0.4) is 0 Å². The van der Waals surface area contributed by atoms with Crippen molar-refractivity contribution in [1.29, 1.82) is 0 Å². The maximum absolute atomic E-state index is 6.08. The fourth-order valence-corrected chi connectivity index (χ4v) is 9.08. The third kappa shape index (κ3) is 5.48. The molecule has 0 unspecified atom stereocenters. The molecule has 0 bridgehead atoms. The van der Waals surface area contributed by atoms with Gasteiger partial charge in [-0.25, -0.2) is 0 Å². The van der Waals surface area contributed by atoms with Crippen molar-refractivity contribution in [1.82, 2.24) is 0 Å². The first kappa shape index (κ1) is 33.2. The van der Waals surface area contributed by atoms with Crippen LogP contribution in [0.15, 0.2) is 205 Å². The maximum atomic E-state index is 6.08. The van der Waals surface area contributed by atoms with Crippen molar-refractivity contribution in [2.24, 2.45) is 0 Å². The Morgan fingerprint density at radius 3 is 1.60 bits per heavy atom. The quantitative estimate of drug-likeness (QED) is 0.169. The largest absolute Gasteiger partial charge is 0.456 e. The van der Waals surface area contributed by atoms with Crippen molar-refractivity contribution in [2.45, 2.75) is 19.3 Å². The van der Waals surface area contributed by atoms with Crippen LogP contribution in [0.1, 0.15) is 25.0 Å². The highest BCUT2D eigenvalue weighted by molar-refractivity contribution is 6.06. The third-order valence-electron chi connectivity index (χ3n) is 12.1. The third-order valence-corrected chi connectivity index (χ3v) is 12.1. The van der Waals surface area contributed by atoms with E-state index in [1.54, 1.807) is 0 Å². The van der Waals surface area contributed by atoms with E-state index < -0.39 is 0 Å². The van der Waals surface area contributed by atoms with Gasteiger partial charge in [0.1, 0.15) is 11.2 Å². The molecule has 0 fully saturated rings. The van der Waals surface area contributed by atoms with Gasteiger partial charge in [0.15, 0.2) is 0 Å². The zero-order valence-corrected chi connectivity index (χ0v) is 31.9. The highest BCUT2D eigenvalue weighted by Gasteiger charge is 2.37. The van der Waals surface area contributed by atoms with E-state index in [1.807, 2.05) is 12.1 Å². The monoisotopic (exact) mass is 729 g/mol. The highest BCUT2D eigenvalue weighted by atomic mass is 16.3. The molecule has 0 saturated carbocycles. The standard InChI is InChI=1S/C55H39NO/c1-55(2)50-32-24-41-12-6-7-13-46(41)54(50)48-31-30-45(35-51(48)55)56(43-26-20-38(21-27-43)36-10-4-3-5-11-36)44-28-22-39(23-29-44)37-16-18-40(19-17-37)42-25-33-53-49(34-42)47-14-8-9-15-52(47)57-53/h3-35H,1-2H3. The van der Waals surface area contributed by atoms with E-state index in [9.17, 15) is 0 Å². The lowest BCUT2D eigenvalue weighted by Crippen LogP contribution is -2.16. The lowest BCUT2D eigenvalue weighted by molar-refractivity contribution is 0.661. The Morgan fingerprint density at radius 2 is 0.895 bits per heavy atom. The van der Waals surface area contributed by atoms with Gasteiger partial charge in [0.25, 0.3) is 0 Å². The van der Waals surface area contributed by atoms with Crippen molar-refractivity contribution in [3.05, 3.63) is 211 Å². The molecule has 2 heteroatoms. The van der Waals surface area contributed by atoms with Gasteiger partial charge < -0.3 is 9.32 Å². The number of nitrogens with zero attached hydrogens (tertiary/aromatic N) is 1. The van der Waals surface area contributed by atoms with E-state index >= 15 is 0 Å². The second-order valence-electron chi connectivity index (χ2n) is 15.7. The normalized spacial score (nSPS) is 12.9. The SMILES string of the molecule is CC1(C)c2cc(N(c3ccc(-c4ccccc4)cc3)c3ccc(-c4ccc(-c5ccc6oc7ccccc7c6c5)cc4)cc3)ccc2-c2c1ccc1ccccc21. The van der Waals surface area contributed by atoms with Crippen LogP contribution >= 0.6 is 0 Å². The molecule has 0 saturated heterocycles. The van der Waals surface area contributed by atoms with Crippen molar-refractivity contribution in [3.8, 4) is 44.5 Å². The van der Waals surface area contributed by atoms with Crippen LogP contribution < -0.4 is 4.90 Å². The summed E-state index contributed by atoms with van der Waals surface area (Å²) in [5.74, 6) is 0. The fraction of sp³-hybridized carbons (Fsp3) is 0.0545. The van der Waals surface area contributed by atoms with Crippen LogP contribution in [-0.2, 0) is 5.41 Å². The molecule has 270 valence electrons. The van der Waals surface area contributed by atoms with Crippen LogP contribution in [0, 0.1) is 0 Å². The average molecular weight is 730 g/mol. The topological polar surface area (TPSA) is 16.4 Å². The first-order valence-corrected chi connectivity index (χ1v) is 19.7. The molecule has 0 amide bonds. The summed E-state index contributed by atoms with van der Waals surface area (Å²) in [5, 5.41) is 4.89. The van der Waals surface area contributed by atoms with Gasteiger partial charge in [-0.05, 0) is 121 Å². The van der Waals surface area contributed by atoms with E-state index in [2.05, 4.69) is 207 Å². The number of hydrogen-bond acceptors (Lipinski definition) is 2. The molecule has 2 nitrogen and oxygen atoms in total. The van der Waals surface area contributed by atoms with Gasteiger partial charge in [-0.2, -0.15) is 0 Å². The predicted octanol–water partition coefficient (Wildman–Crippen LogP) is 15.5. The molecule has 11 rings (SSSR count). The van der Waals surface area contributed by atoms with Crippen LogP contribution in [0.25, 0.3) is 77.2 Å². The Hall–Kier alpha value is -7.16. The summed E-state index contributed by atoms with van der Waals surface area (Å²) in [6.07, 6.45) is 0. The van der Waals surface area contributed by atoms with E-state index in [0.717, 1.165) is 39.0 Å². The zero-order chi connectivity index (χ0) is 38.1. The maximum Gasteiger partial charge on any atom is 0.135 e. The second kappa shape index (κ2) is 13.0. The molecule has 0 spiro atoms. The van der Waals surface area contributed by atoms with Crippen LogP contribution in [0.4, 0.5) is 17.1 Å². The van der Waals surface area contributed by atoms with Gasteiger partial charge in [0, 0.05) is 33.2 Å². The number of benzene rings is 9. The van der Waals surface area contributed by atoms with Crippen molar-refractivity contribution >= 4 is 49.8 Å². The summed E-state index contributed by atoms with van der Waals surface area (Å²) < 4.78 is 6.08. The number of furan rings is 1. The number of fused-ring (bicyclic) bond motifs is 8. The second-order valence-corrected chi connectivity index (χ2v) is 15.7. The van der Waals surface area contributed by atoms with E-state index in [-0.39, 0.29) is 5.41 Å². The number of hydrogen-bond donors (Lipinski definition) is 0. The van der Waals surface area contributed by atoms with Crippen LogP contribution in [0.2, 0.25) is 0 Å². The molecule has 9 aromatic carbocycles.